The van der Waals surface area contributed by atoms with Crippen molar-refractivity contribution in [2.24, 2.45) is 5.92 Å². The molecule has 2 heterocycles. The molecule has 1 N–H and O–H groups in total. The Balaban J connectivity index is 1.44. The first-order chi connectivity index (χ1) is 13.2. The van der Waals surface area contributed by atoms with Crippen LogP contribution in [0.1, 0.15) is 32.6 Å². The number of ether oxygens (including phenoxy) is 1. The Bertz CT molecular complexity index is 931. The number of nitrogens with zero attached hydrogens (tertiary/aromatic N) is 4. The molecule has 4 rings (SSSR count). The molecule has 2 aromatic heterocycles. The van der Waals surface area contributed by atoms with E-state index < -0.39 is 0 Å². The molecule has 0 spiro atoms. The molecule has 7 heteroatoms. The second-order valence-electron chi connectivity index (χ2n) is 6.80. The quantitative estimate of drug-likeness (QED) is 0.698. The number of esters is 1. The lowest BCUT2D eigenvalue weighted by Gasteiger charge is -2.27. The first-order valence-corrected chi connectivity index (χ1v) is 9.44. The summed E-state index contributed by atoms with van der Waals surface area (Å²) in [4.78, 5) is 20.9. The summed E-state index contributed by atoms with van der Waals surface area (Å²) in [6.45, 7) is 2.29. The molecular formula is C20H23N5O2. The smallest absolute Gasteiger partial charge is 0.308 e. The van der Waals surface area contributed by atoms with Crippen molar-refractivity contribution in [1.29, 1.82) is 0 Å². The number of carbonyl (C=O) groups excluding carboxylic acids is 1. The van der Waals surface area contributed by atoms with Gasteiger partial charge in [0.2, 0.25) is 5.95 Å². The lowest BCUT2D eigenvalue weighted by molar-refractivity contribution is -0.149. The minimum absolute atomic E-state index is 0.0192. The number of aromatic nitrogens is 4. The van der Waals surface area contributed by atoms with E-state index in [0.717, 1.165) is 42.4 Å². The average Bonchev–Trinajstić information content (AvgIpc) is 3.13. The van der Waals surface area contributed by atoms with Gasteiger partial charge >= 0.3 is 5.97 Å². The van der Waals surface area contributed by atoms with Crippen LogP contribution in [0, 0.1) is 5.92 Å². The van der Waals surface area contributed by atoms with E-state index in [9.17, 15) is 4.79 Å². The van der Waals surface area contributed by atoms with Gasteiger partial charge in [0, 0.05) is 23.7 Å². The predicted octanol–water partition coefficient (Wildman–Crippen LogP) is 3.35. The second-order valence-corrected chi connectivity index (χ2v) is 6.80. The summed E-state index contributed by atoms with van der Waals surface area (Å²) >= 11 is 0. The Hall–Kier alpha value is -2.96. The van der Waals surface area contributed by atoms with E-state index in [2.05, 4.69) is 20.4 Å². The monoisotopic (exact) mass is 365 g/mol. The van der Waals surface area contributed by atoms with Crippen LogP contribution in [0.4, 0.5) is 5.95 Å². The third-order valence-electron chi connectivity index (χ3n) is 5.02. The standard InChI is InChI=1S/C20H23N5O2/c1-2-27-19(26)14-7-9-16(10-8-14)23-20-21-12-11-18(24-20)25-17-6-4-3-5-15(17)13-22-25/h3-6,11-14,16H,2,7-10H2,1H3,(H,21,23,24)/t14-,16-. The van der Waals surface area contributed by atoms with Gasteiger partial charge in [-0.25, -0.2) is 9.67 Å². The average molecular weight is 365 g/mol. The summed E-state index contributed by atoms with van der Waals surface area (Å²) in [6, 6.07) is 10.1. The SMILES string of the molecule is CCOC(=O)[C@H]1CC[C@H](Nc2nccc(-n3ncc4ccccc43)n2)CC1. The molecule has 0 aliphatic heterocycles. The minimum Gasteiger partial charge on any atom is -0.466 e. The number of benzene rings is 1. The summed E-state index contributed by atoms with van der Waals surface area (Å²) in [5, 5.41) is 8.93. The molecule has 0 unspecified atom stereocenters. The van der Waals surface area contributed by atoms with Gasteiger partial charge in [0.1, 0.15) is 0 Å². The van der Waals surface area contributed by atoms with Gasteiger partial charge in [-0.3, -0.25) is 4.79 Å². The van der Waals surface area contributed by atoms with Crippen LogP contribution in [0.25, 0.3) is 16.7 Å². The summed E-state index contributed by atoms with van der Waals surface area (Å²) in [5.74, 6) is 1.27. The molecular weight excluding hydrogens is 342 g/mol. The highest BCUT2D eigenvalue weighted by Gasteiger charge is 2.27. The Morgan fingerprint density at radius 3 is 2.85 bits per heavy atom. The van der Waals surface area contributed by atoms with Crippen molar-refractivity contribution >= 4 is 22.8 Å². The van der Waals surface area contributed by atoms with Crippen molar-refractivity contribution < 1.29 is 9.53 Å². The van der Waals surface area contributed by atoms with Crippen molar-refractivity contribution in [3.05, 3.63) is 42.7 Å². The fourth-order valence-corrected chi connectivity index (χ4v) is 3.61. The van der Waals surface area contributed by atoms with Gasteiger partial charge in [-0.15, -0.1) is 0 Å². The van der Waals surface area contributed by atoms with E-state index in [0.29, 0.717) is 12.6 Å². The summed E-state index contributed by atoms with van der Waals surface area (Å²) in [7, 11) is 0. The summed E-state index contributed by atoms with van der Waals surface area (Å²) in [6.07, 6.45) is 7.05. The maximum absolute atomic E-state index is 11.9. The minimum atomic E-state index is -0.0697. The van der Waals surface area contributed by atoms with Crippen LogP contribution in [0.3, 0.4) is 0 Å². The van der Waals surface area contributed by atoms with E-state index in [1.165, 1.54) is 0 Å². The zero-order valence-corrected chi connectivity index (χ0v) is 15.3. The molecule has 0 bridgehead atoms. The van der Waals surface area contributed by atoms with Crippen molar-refractivity contribution in [1.82, 2.24) is 19.7 Å². The highest BCUT2D eigenvalue weighted by atomic mass is 16.5. The lowest BCUT2D eigenvalue weighted by atomic mass is 9.86. The highest BCUT2D eigenvalue weighted by Crippen LogP contribution is 2.27. The molecule has 1 aliphatic carbocycles. The van der Waals surface area contributed by atoms with Gasteiger partial charge in [0.05, 0.1) is 24.2 Å². The molecule has 0 atom stereocenters. The van der Waals surface area contributed by atoms with E-state index in [4.69, 9.17) is 4.74 Å². The summed E-state index contributed by atoms with van der Waals surface area (Å²) < 4.78 is 6.95. The maximum atomic E-state index is 11.9. The summed E-state index contributed by atoms with van der Waals surface area (Å²) in [5.41, 5.74) is 1.01. The molecule has 1 aliphatic rings. The third-order valence-corrected chi connectivity index (χ3v) is 5.02. The molecule has 7 nitrogen and oxygen atoms in total. The zero-order chi connectivity index (χ0) is 18.6. The normalized spacial score (nSPS) is 19.7. The number of carbonyl (C=O) groups is 1. The van der Waals surface area contributed by atoms with E-state index >= 15 is 0 Å². The highest BCUT2D eigenvalue weighted by molar-refractivity contribution is 5.79. The Labute approximate surface area is 157 Å². The van der Waals surface area contributed by atoms with Crippen molar-refractivity contribution in [3.8, 4) is 5.82 Å². The van der Waals surface area contributed by atoms with Crippen LogP contribution in [0.5, 0.6) is 0 Å². The molecule has 140 valence electrons. The molecule has 0 amide bonds. The Kier molecular flexibility index (Phi) is 5.00. The van der Waals surface area contributed by atoms with Crippen LogP contribution >= 0.6 is 0 Å². The first-order valence-electron chi connectivity index (χ1n) is 9.44. The number of hydrogen-bond donors (Lipinski definition) is 1. The van der Waals surface area contributed by atoms with Crippen molar-refractivity contribution in [2.45, 2.75) is 38.6 Å². The van der Waals surface area contributed by atoms with Crippen molar-refractivity contribution in [3.63, 3.8) is 0 Å². The molecule has 1 fully saturated rings. The van der Waals surface area contributed by atoms with E-state index in [1.807, 2.05) is 48.1 Å². The number of anilines is 1. The fourth-order valence-electron chi connectivity index (χ4n) is 3.61. The van der Waals surface area contributed by atoms with Crippen LogP contribution in [-0.2, 0) is 9.53 Å². The molecule has 0 radical (unpaired) electrons. The zero-order valence-electron chi connectivity index (χ0n) is 15.3. The van der Waals surface area contributed by atoms with Crippen LogP contribution in [0.2, 0.25) is 0 Å². The van der Waals surface area contributed by atoms with E-state index in [-0.39, 0.29) is 17.9 Å². The van der Waals surface area contributed by atoms with Gasteiger partial charge in [-0.1, -0.05) is 18.2 Å². The largest absolute Gasteiger partial charge is 0.466 e. The van der Waals surface area contributed by atoms with Gasteiger partial charge in [0.15, 0.2) is 5.82 Å². The number of fused-ring (bicyclic) bond motifs is 1. The molecule has 1 aromatic carbocycles. The number of nitrogens with one attached hydrogen (secondary N) is 1. The lowest BCUT2D eigenvalue weighted by Crippen LogP contribution is -2.30. The first kappa shape index (κ1) is 17.5. The molecule has 27 heavy (non-hydrogen) atoms. The number of para-hydroxylation sites is 1. The second kappa shape index (κ2) is 7.73. The molecule has 3 aromatic rings. The van der Waals surface area contributed by atoms with Gasteiger partial charge in [0.25, 0.3) is 0 Å². The van der Waals surface area contributed by atoms with Crippen LogP contribution in [-0.4, -0.2) is 38.4 Å². The van der Waals surface area contributed by atoms with Crippen LogP contribution in [0.15, 0.2) is 42.7 Å². The van der Waals surface area contributed by atoms with Gasteiger partial charge < -0.3 is 10.1 Å². The third kappa shape index (κ3) is 3.77. The fraction of sp³-hybridized carbons (Fsp3) is 0.400. The van der Waals surface area contributed by atoms with Gasteiger partial charge in [-0.2, -0.15) is 10.1 Å². The van der Waals surface area contributed by atoms with Crippen LogP contribution < -0.4 is 5.32 Å². The van der Waals surface area contributed by atoms with Crippen molar-refractivity contribution in [2.75, 3.05) is 11.9 Å². The molecule has 1 saturated carbocycles. The number of hydrogen-bond acceptors (Lipinski definition) is 6. The van der Waals surface area contributed by atoms with E-state index in [1.54, 1.807) is 6.20 Å². The van der Waals surface area contributed by atoms with Gasteiger partial charge in [-0.05, 0) is 38.7 Å². The molecule has 0 saturated heterocycles. The predicted molar refractivity (Wildman–Crippen MR) is 103 cm³/mol. The Morgan fingerprint density at radius 1 is 1.22 bits per heavy atom. The number of rotatable bonds is 5. The Morgan fingerprint density at radius 2 is 2.04 bits per heavy atom. The maximum Gasteiger partial charge on any atom is 0.308 e. The topological polar surface area (TPSA) is 81.9 Å².